The quantitative estimate of drug-likeness (QED) is 0.478. The second kappa shape index (κ2) is 6.46. The van der Waals surface area contributed by atoms with Crippen molar-refractivity contribution in [2.75, 3.05) is 0 Å². The van der Waals surface area contributed by atoms with Crippen LogP contribution in [0.3, 0.4) is 0 Å². The maximum Gasteiger partial charge on any atom is 0.344 e. The van der Waals surface area contributed by atoms with E-state index in [0.717, 1.165) is 5.56 Å². The molecule has 3 nitrogen and oxygen atoms in total. The molecule has 0 amide bonds. The van der Waals surface area contributed by atoms with Gasteiger partial charge in [0.15, 0.2) is 0 Å². The Kier molecular flexibility index (Phi) is 4.66. The highest BCUT2D eigenvalue weighted by Crippen LogP contribution is 2.36. The summed E-state index contributed by atoms with van der Waals surface area (Å²) in [6.45, 7) is 4.00. The lowest BCUT2D eigenvalue weighted by molar-refractivity contribution is -0.126. The van der Waals surface area contributed by atoms with E-state index in [1.165, 1.54) is 12.1 Å². The van der Waals surface area contributed by atoms with E-state index in [2.05, 4.69) is 0 Å². The molecule has 0 saturated carbocycles. The Morgan fingerprint density at radius 2 is 1.86 bits per heavy atom. The fourth-order valence-corrected chi connectivity index (χ4v) is 2.20. The Bertz CT molecular complexity index is 705. The van der Waals surface area contributed by atoms with E-state index in [1.54, 1.807) is 18.2 Å². The predicted octanol–water partition coefficient (Wildman–Crippen LogP) is 4.53. The smallest absolute Gasteiger partial charge is 0.344 e. The molecule has 0 aliphatic carbocycles. The van der Waals surface area contributed by atoms with Crippen molar-refractivity contribution in [1.82, 2.24) is 0 Å². The van der Waals surface area contributed by atoms with Crippen LogP contribution in [0.25, 0.3) is 11.6 Å². The van der Waals surface area contributed by atoms with Crippen molar-refractivity contribution in [3.63, 3.8) is 0 Å². The first-order valence-electron chi connectivity index (χ1n) is 6.67. The molecular formula is C17H15ClO3. The molecule has 1 aliphatic heterocycles. The second-order valence-corrected chi connectivity index (χ2v) is 4.56. The van der Waals surface area contributed by atoms with E-state index in [1.807, 2.05) is 32.0 Å². The average Bonchev–Trinajstić information content (AvgIpc) is 2.80. The molecule has 108 valence electrons. The maximum atomic E-state index is 11.8. The van der Waals surface area contributed by atoms with Crippen molar-refractivity contribution in [2.45, 2.75) is 13.8 Å². The zero-order valence-corrected chi connectivity index (χ0v) is 12.5. The third-order valence-electron chi connectivity index (χ3n) is 2.88. The molecular weight excluding hydrogens is 288 g/mol. The van der Waals surface area contributed by atoms with Gasteiger partial charge in [-0.1, -0.05) is 43.6 Å². The van der Waals surface area contributed by atoms with Gasteiger partial charge in [-0.25, -0.2) is 4.79 Å². The standard InChI is InChI=1S/C15H9ClO3.C2H6/c16-13-8-10(17)6-5-9(13)7-12-11-3-1-2-4-14(11)19-15(12)18;1-2/h1-8,17H;1-2H3/b12-7-;. The van der Waals surface area contributed by atoms with Gasteiger partial charge in [-0.15, -0.1) is 0 Å². The number of hydrogen-bond donors (Lipinski definition) is 1. The topological polar surface area (TPSA) is 46.5 Å². The van der Waals surface area contributed by atoms with Crippen LogP contribution in [0.15, 0.2) is 42.5 Å². The molecule has 4 heteroatoms. The van der Waals surface area contributed by atoms with Gasteiger partial charge in [0.2, 0.25) is 0 Å². The largest absolute Gasteiger partial charge is 0.508 e. The molecule has 0 saturated heterocycles. The van der Waals surface area contributed by atoms with Crippen molar-refractivity contribution in [2.24, 2.45) is 0 Å². The molecule has 0 spiro atoms. The van der Waals surface area contributed by atoms with Crippen molar-refractivity contribution in [3.8, 4) is 11.5 Å². The molecule has 3 rings (SSSR count). The van der Waals surface area contributed by atoms with Crippen LogP contribution in [-0.4, -0.2) is 11.1 Å². The van der Waals surface area contributed by atoms with Crippen LogP contribution < -0.4 is 4.74 Å². The van der Waals surface area contributed by atoms with Crippen molar-refractivity contribution in [3.05, 3.63) is 58.6 Å². The number of phenolic OH excluding ortho intramolecular Hbond substituents is 1. The molecule has 0 atom stereocenters. The Morgan fingerprint density at radius 3 is 2.57 bits per heavy atom. The monoisotopic (exact) mass is 302 g/mol. The van der Waals surface area contributed by atoms with Gasteiger partial charge >= 0.3 is 5.97 Å². The number of rotatable bonds is 1. The SMILES string of the molecule is CC.O=C1Oc2ccccc2/C1=C/c1ccc(O)cc1Cl. The summed E-state index contributed by atoms with van der Waals surface area (Å²) in [5.41, 5.74) is 1.86. The number of fused-ring (bicyclic) bond motifs is 1. The van der Waals surface area contributed by atoms with Gasteiger partial charge < -0.3 is 9.84 Å². The van der Waals surface area contributed by atoms with E-state index < -0.39 is 5.97 Å². The van der Waals surface area contributed by atoms with E-state index in [0.29, 0.717) is 21.9 Å². The first-order chi connectivity index (χ1) is 10.1. The minimum Gasteiger partial charge on any atom is -0.508 e. The summed E-state index contributed by atoms with van der Waals surface area (Å²) >= 11 is 6.03. The van der Waals surface area contributed by atoms with Gasteiger partial charge in [-0.2, -0.15) is 0 Å². The van der Waals surface area contributed by atoms with Gasteiger partial charge in [-0.05, 0) is 35.9 Å². The summed E-state index contributed by atoms with van der Waals surface area (Å²) in [4.78, 5) is 11.8. The van der Waals surface area contributed by atoms with Crippen LogP contribution in [0.5, 0.6) is 11.5 Å². The third-order valence-corrected chi connectivity index (χ3v) is 3.21. The molecule has 0 radical (unpaired) electrons. The second-order valence-electron chi connectivity index (χ2n) is 4.15. The van der Waals surface area contributed by atoms with Gasteiger partial charge in [0.1, 0.15) is 11.5 Å². The van der Waals surface area contributed by atoms with Crippen molar-refractivity contribution < 1.29 is 14.6 Å². The summed E-state index contributed by atoms with van der Waals surface area (Å²) < 4.78 is 5.16. The van der Waals surface area contributed by atoms with Crippen LogP contribution in [0.2, 0.25) is 5.02 Å². The molecule has 1 N–H and O–H groups in total. The molecule has 0 unspecified atom stereocenters. The fraction of sp³-hybridized carbons (Fsp3) is 0.118. The number of phenols is 1. The Morgan fingerprint density at radius 1 is 1.14 bits per heavy atom. The van der Waals surface area contributed by atoms with Gasteiger partial charge in [0.25, 0.3) is 0 Å². The summed E-state index contributed by atoms with van der Waals surface area (Å²) in [6.07, 6.45) is 1.66. The lowest BCUT2D eigenvalue weighted by Crippen LogP contribution is -2.00. The molecule has 21 heavy (non-hydrogen) atoms. The van der Waals surface area contributed by atoms with E-state index in [4.69, 9.17) is 16.3 Å². The van der Waals surface area contributed by atoms with Gasteiger partial charge in [0, 0.05) is 5.56 Å². The number of halogens is 1. The number of ether oxygens (including phenoxy) is 1. The molecule has 0 aromatic heterocycles. The van der Waals surface area contributed by atoms with E-state index in [-0.39, 0.29) is 5.75 Å². The Hall–Kier alpha value is -2.26. The van der Waals surface area contributed by atoms with Crippen LogP contribution in [0.4, 0.5) is 0 Å². The highest BCUT2D eigenvalue weighted by Gasteiger charge is 2.26. The van der Waals surface area contributed by atoms with E-state index >= 15 is 0 Å². The van der Waals surface area contributed by atoms with Crippen molar-refractivity contribution >= 4 is 29.2 Å². The third kappa shape index (κ3) is 3.09. The number of hydrogen-bond acceptors (Lipinski definition) is 3. The fourth-order valence-electron chi connectivity index (χ4n) is 1.97. The van der Waals surface area contributed by atoms with Crippen LogP contribution in [-0.2, 0) is 4.79 Å². The first kappa shape index (κ1) is 15.1. The Labute approximate surface area is 128 Å². The minimum absolute atomic E-state index is 0.0848. The van der Waals surface area contributed by atoms with Crippen LogP contribution >= 0.6 is 11.6 Å². The van der Waals surface area contributed by atoms with Gasteiger partial charge in [0.05, 0.1) is 10.6 Å². The molecule has 1 heterocycles. The predicted molar refractivity (Wildman–Crippen MR) is 84.4 cm³/mol. The summed E-state index contributed by atoms with van der Waals surface area (Å²) in [6, 6.07) is 11.8. The highest BCUT2D eigenvalue weighted by atomic mass is 35.5. The molecule has 0 fully saturated rings. The number of carbonyl (C=O) groups is 1. The number of benzene rings is 2. The summed E-state index contributed by atoms with van der Waals surface area (Å²) in [7, 11) is 0. The maximum absolute atomic E-state index is 11.8. The van der Waals surface area contributed by atoms with Crippen LogP contribution in [0.1, 0.15) is 25.0 Å². The van der Waals surface area contributed by atoms with Crippen molar-refractivity contribution in [1.29, 1.82) is 0 Å². The molecule has 0 bridgehead atoms. The number of para-hydroxylation sites is 1. The molecule has 1 aliphatic rings. The van der Waals surface area contributed by atoms with Crippen LogP contribution in [0, 0.1) is 0 Å². The summed E-state index contributed by atoms with van der Waals surface area (Å²) in [5.74, 6) is 0.237. The first-order valence-corrected chi connectivity index (χ1v) is 7.05. The van der Waals surface area contributed by atoms with E-state index in [9.17, 15) is 9.90 Å². The highest BCUT2D eigenvalue weighted by molar-refractivity contribution is 6.33. The Balaban J connectivity index is 0.000000774. The van der Waals surface area contributed by atoms with Gasteiger partial charge in [-0.3, -0.25) is 0 Å². The number of aromatic hydroxyl groups is 1. The normalized spacial score (nSPS) is 14.2. The summed E-state index contributed by atoms with van der Waals surface area (Å²) in [5, 5.41) is 9.69. The zero-order chi connectivity index (χ0) is 15.4. The zero-order valence-electron chi connectivity index (χ0n) is 11.8. The lowest BCUT2D eigenvalue weighted by atomic mass is 10.0. The number of esters is 1. The molecule has 2 aromatic carbocycles. The lowest BCUT2D eigenvalue weighted by Gasteiger charge is -2.00. The average molecular weight is 303 g/mol. The minimum atomic E-state index is -0.398. The molecule has 2 aromatic rings. The number of carbonyl (C=O) groups excluding carboxylic acids is 1.